The van der Waals surface area contributed by atoms with Crippen LogP contribution in [0.4, 0.5) is 23.1 Å². The summed E-state index contributed by atoms with van der Waals surface area (Å²) in [4.78, 5) is 15.8. The molecule has 0 spiro atoms. The molecule has 156 valence electrons. The molecule has 1 aliphatic heterocycles. The fraction of sp³-hybridized carbons (Fsp3) is 0.348. The quantitative estimate of drug-likeness (QED) is 0.655. The second kappa shape index (κ2) is 8.67. The van der Waals surface area contributed by atoms with Crippen LogP contribution in [-0.2, 0) is 4.74 Å². The van der Waals surface area contributed by atoms with Crippen molar-refractivity contribution in [2.24, 2.45) is 0 Å². The van der Waals surface area contributed by atoms with Gasteiger partial charge in [0.1, 0.15) is 5.82 Å². The van der Waals surface area contributed by atoms with Gasteiger partial charge in [-0.2, -0.15) is 4.98 Å². The maximum absolute atomic E-state index is 5.44. The van der Waals surface area contributed by atoms with Gasteiger partial charge in [-0.25, -0.2) is 4.98 Å². The van der Waals surface area contributed by atoms with E-state index in [0.29, 0.717) is 5.95 Å². The number of anilines is 4. The standard InChI is InChI=1S/C23H28N6O/c1-23(2,3)28-22-26-20(17-8-10-24-11-9-17)16-21(27-22)25-18-4-6-19(7-5-18)29-12-14-30-15-13-29/h4-11,16H,12-15H2,1-3H3,(H2,25,26,27,28). The van der Waals surface area contributed by atoms with Crippen LogP contribution in [0, 0.1) is 0 Å². The van der Waals surface area contributed by atoms with Crippen LogP contribution in [0.15, 0.2) is 54.9 Å². The Kier molecular flexibility index (Phi) is 5.81. The predicted molar refractivity (Wildman–Crippen MR) is 121 cm³/mol. The van der Waals surface area contributed by atoms with Crippen molar-refractivity contribution in [2.45, 2.75) is 26.3 Å². The molecule has 4 rings (SSSR count). The van der Waals surface area contributed by atoms with Crippen LogP contribution in [0.1, 0.15) is 20.8 Å². The van der Waals surface area contributed by atoms with Crippen molar-refractivity contribution in [3.05, 3.63) is 54.9 Å². The third-order valence-electron chi connectivity index (χ3n) is 4.70. The van der Waals surface area contributed by atoms with Crippen molar-refractivity contribution >= 4 is 23.1 Å². The highest BCUT2D eigenvalue weighted by atomic mass is 16.5. The molecule has 0 amide bonds. The van der Waals surface area contributed by atoms with Gasteiger partial charge < -0.3 is 20.3 Å². The zero-order valence-electron chi connectivity index (χ0n) is 17.7. The number of nitrogens with one attached hydrogen (secondary N) is 2. The molecule has 7 heteroatoms. The van der Waals surface area contributed by atoms with Gasteiger partial charge in [0.05, 0.1) is 18.9 Å². The summed E-state index contributed by atoms with van der Waals surface area (Å²) in [6.07, 6.45) is 3.54. The summed E-state index contributed by atoms with van der Waals surface area (Å²) in [6, 6.07) is 14.3. The number of hydrogen-bond donors (Lipinski definition) is 2. The first kappa shape index (κ1) is 20.1. The molecular weight excluding hydrogens is 376 g/mol. The molecule has 1 aliphatic rings. The van der Waals surface area contributed by atoms with E-state index in [1.54, 1.807) is 12.4 Å². The first-order valence-corrected chi connectivity index (χ1v) is 10.2. The highest BCUT2D eigenvalue weighted by molar-refractivity contribution is 5.68. The van der Waals surface area contributed by atoms with Crippen LogP contribution in [0.25, 0.3) is 11.3 Å². The van der Waals surface area contributed by atoms with Crippen LogP contribution < -0.4 is 15.5 Å². The summed E-state index contributed by atoms with van der Waals surface area (Å²) in [5.41, 5.74) is 3.88. The summed E-state index contributed by atoms with van der Waals surface area (Å²) < 4.78 is 5.44. The number of rotatable bonds is 5. The van der Waals surface area contributed by atoms with E-state index in [1.165, 1.54) is 5.69 Å². The molecule has 0 radical (unpaired) electrons. The van der Waals surface area contributed by atoms with Gasteiger partial charge in [0, 0.05) is 54.0 Å². The summed E-state index contributed by atoms with van der Waals surface area (Å²) in [5, 5.41) is 6.79. The lowest BCUT2D eigenvalue weighted by Crippen LogP contribution is -2.36. The van der Waals surface area contributed by atoms with E-state index in [1.807, 2.05) is 18.2 Å². The van der Waals surface area contributed by atoms with Crippen LogP contribution in [-0.4, -0.2) is 46.8 Å². The third kappa shape index (κ3) is 5.24. The van der Waals surface area contributed by atoms with Crippen molar-refractivity contribution in [3.8, 4) is 11.3 Å². The second-order valence-electron chi connectivity index (χ2n) is 8.34. The van der Waals surface area contributed by atoms with E-state index in [0.717, 1.165) is 49.1 Å². The minimum Gasteiger partial charge on any atom is -0.378 e. The molecule has 0 bridgehead atoms. The lowest BCUT2D eigenvalue weighted by atomic mass is 10.1. The molecular formula is C23H28N6O. The van der Waals surface area contributed by atoms with Gasteiger partial charge in [0.15, 0.2) is 0 Å². The smallest absolute Gasteiger partial charge is 0.225 e. The highest BCUT2D eigenvalue weighted by Gasteiger charge is 2.15. The van der Waals surface area contributed by atoms with Crippen molar-refractivity contribution in [3.63, 3.8) is 0 Å². The fourth-order valence-electron chi connectivity index (χ4n) is 3.30. The average molecular weight is 405 g/mol. The predicted octanol–water partition coefficient (Wildman–Crippen LogP) is 4.33. The molecule has 0 unspecified atom stereocenters. The number of hydrogen-bond acceptors (Lipinski definition) is 7. The van der Waals surface area contributed by atoms with E-state index < -0.39 is 0 Å². The molecule has 0 atom stereocenters. The van der Waals surface area contributed by atoms with Gasteiger partial charge in [-0.1, -0.05) is 0 Å². The Hall–Kier alpha value is -3.19. The van der Waals surface area contributed by atoms with E-state index in [-0.39, 0.29) is 5.54 Å². The molecule has 0 aliphatic carbocycles. The van der Waals surface area contributed by atoms with E-state index >= 15 is 0 Å². The van der Waals surface area contributed by atoms with Crippen LogP contribution >= 0.6 is 0 Å². The van der Waals surface area contributed by atoms with Crippen LogP contribution in [0.5, 0.6) is 0 Å². The van der Waals surface area contributed by atoms with Crippen molar-refractivity contribution in [2.75, 3.05) is 41.8 Å². The van der Waals surface area contributed by atoms with E-state index in [9.17, 15) is 0 Å². The lowest BCUT2D eigenvalue weighted by molar-refractivity contribution is 0.122. The number of benzene rings is 1. The largest absolute Gasteiger partial charge is 0.378 e. The van der Waals surface area contributed by atoms with E-state index in [2.05, 4.69) is 70.5 Å². The van der Waals surface area contributed by atoms with Gasteiger partial charge in [-0.05, 0) is 57.2 Å². The van der Waals surface area contributed by atoms with Gasteiger partial charge in [-0.15, -0.1) is 0 Å². The van der Waals surface area contributed by atoms with Crippen LogP contribution in [0.3, 0.4) is 0 Å². The molecule has 3 aromatic rings. The Morgan fingerprint density at radius 1 is 0.933 bits per heavy atom. The third-order valence-corrected chi connectivity index (χ3v) is 4.70. The zero-order valence-corrected chi connectivity index (χ0v) is 17.7. The van der Waals surface area contributed by atoms with Crippen molar-refractivity contribution < 1.29 is 4.74 Å². The Morgan fingerprint density at radius 2 is 1.63 bits per heavy atom. The average Bonchev–Trinajstić information content (AvgIpc) is 2.74. The molecule has 7 nitrogen and oxygen atoms in total. The zero-order chi connectivity index (χ0) is 21.0. The Morgan fingerprint density at radius 3 is 2.30 bits per heavy atom. The molecule has 3 heterocycles. The molecule has 1 saturated heterocycles. The number of ether oxygens (including phenoxy) is 1. The Bertz CT molecular complexity index is 963. The summed E-state index contributed by atoms with van der Waals surface area (Å²) >= 11 is 0. The topological polar surface area (TPSA) is 75.2 Å². The number of nitrogens with zero attached hydrogens (tertiary/aromatic N) is 4. The van der Waals surface area contributed by atoms with Gasteiger partial charge in [-0.3, -0.25) is 4.98 Å². The number of aromatic nitrogens is 3. The van der Waals surface area contributed by atoms with Crippen LogP contribution in [0.2, 0.25) is 0 Å². The lowest BCUT2D eigenvalue weighted by Gasteiger charge is -2.29. The SMILES string of the molecule is CC(C)(C)Nc1nc(Nc2ccc(N3CCOCC3)cc2)cc(-c2ccncc2)n1. The monoisotopic (exact) mass is 404 g/mol. The molecule has 30 heavy (non-hydrogen) atoms. The molecule has 1 aromatic carbocycles. The number of pyridine rings is 1. The normalized spacial score (nSPS) is 14.4. The summed E-state index contributed by atoms with van der Waals surface area (Å²) in [7, 11) is 0. The maximum Gasteiger partial charge on any atom is 0.225 e. The molecule has 0 saturated carbocycles. The van der Waals surface area contributed by atoms with Crippen molar-refractivity contribution in [1.82, 2.24) is 15.0 Å². The number of morpholine rings is 1. The Labute approximate surface area is 177 Å². The first-order valence-electron chi connectivity index (χ1n) is 10.2. The van der Waals surface area contributed by atoms with Crippen molar-refractivity contribution in [1.29, 1.82) is 0 Å². The summed E-state index contributed by atoms with van der Waals surface area (Å²) in [6.45, 7) is 9.68. The van der Waals surface area contributed by atoms with Gasteiger partial charge >= 0.3 is 0 Å². The van der Waals surface area contributed by atoms with E-state index in [4.69, 9.17) is 9.72 Å². The molecule has 2 aromatic heterocycles. The summed E-state index contributed by atoms with van der Waals surface area (Å²) in [5.74, 6) is 1.33. The Balaban J connectivity index is 1.58. The molecule has 2 N–H and O–H groups in total. The van der Waals surface area contributed by atoms with Gasteiger partial charge in [0.25, 0.3) is 0 Å². The maximum atomic E-state index is 5.44. The first-order chi connectivity index (χ1) is 14.5. The molecule has 1 fully saturated rings. The minimum atomic E-state index is -0.145. The fourth-order valence-corrected chi connectivity index (χ4v) is 3.30. The highest BCUT2D eigenvalue weighted by Crippen LogP contribution is 2.26. The van der Waals surface area contributed by atoms with Gasteiger partial charge in [0.2, 0.25) is 5.95 Å². The minimum absolute atomic E-state index is 0.145. The second-order valence-corrected chi connectivity index (χ2v) is 8.34.